The predicted molar refractivity (Wildman–Crippen MR) is 76.2 cm³/mol. The van der Waals surface area contributed by atoms with E-state index in [2.05, 4.69) is 21.3 Å². The maximum atomic E-state index is 11.3. The Morgan fingerprint density at radius 2 is 2.32 bits per heavy atom. The first-order chi connectivity index (χ1) is 9.15. The van der Waals surface area contributed by atoms with E-state index < -0.39 is 5.91 Å². The number of carbonyl (C=O) groups excluding carboxylic acids is 1. The lowest BCUT2D eigenvalue weighted by Crippen LogP contribution is -2.30. The number of hydrogen-bond acceptors (Lipinski definition) is 5. The van der Waals surface area contributed by atoms with Gasteiger partial charge in [-0.15, -0.1) is 11.3 Å². The van der Waals surface area contributed by atoms with Crippen molar-refractivity contribution in [3.8, 4) is 0 Å². The van der Waals surface area contributed by atoms with Crippen LogP contribution in [0.3, 0.4) is 0 Å². The molecule has 19 heavy (non-hydrogen) atoms. The molecule has 98 valence electrons. The third-order valence-electron chi connectivity index (χ3n) is 3.32. The molecule has 1 aliphatic heterocycles. The zero-order valence-electron chi connectivity index (χ0n) is 10.3. The van der Waals surface area contributed by atoms with Crippen molar-refractivity contribution in [2.24, 2.45) is 5.73 Å². The highest BCUT2D eigenvalue weighted by Crippen LogP contribution is 2.27. The Kier molecular flexibility index (Phi) is 2.87. The molecule has 0 fully saturated rings. The van der Waals surface area contributed by atoms with Crippen LogP contribution in [-0.4, -0.2) is 17.4 Å². The van der Waals surface area contributed by atoms with Crippen LogP contribution in [0, 0.1) is 0 Å². The molecule has 2 aromatic heterocycles. The molecule has 1 amide bonds. The summed E-state index contributed by atoms with van der Waals surface area (Å²) >= 11 is 1.79. The van der Waals surface area contributed by atoms with Crippen molar-refractivity contribution < 1.29 is 4.79 Å². The summed E-state index contributed by atoms with van der Waals surface area (Å²) in [5.74, 6) is 0.231. The number of pyridine rings is 1. The zero-order valence-corrected chi connectivity index (χ0v) is 11.1. The van der Waals surface area contributed by atoms with E-state index in [1.165, 1.54) is 16.6 Å². The summed E-state index contributed by atoms with van der Waals surface area (Å²) in [5.41, 5.74) is 13.0. The minimum Gasteiger partial charge on any atom is -0.397 e. The number of aromatic nitrogens is 1. The molecule has 4 N–H and O–H groups in total. The number of primary amides is 1. The summed E-state index contributed by atoms with van der Waals surface area (Å²) in [6.45, 7) is 1.70. The summed E-state index contributed by atoms with van der Waals surface area (Å²) in [6.07, 6.45) is 2.50. The summed E-state index contributed by atoms with van der Waals surface area (Å²) in [4.78, 5) is 19.2. The molecule has 0 aromatic carbocycles. The lowest BCUT2D eigenvalue weighted by Gasteiger charge is -2.28. The van der Waals surface area contributed by atoms with E-state index in [4.69, 9.17) is 11.5 Å². The third-order valence-corrected chi connectivity index (χ3v) is 4.34. The van der Waals surface area contributed by atoms with Gasteiger partial charge in [-0.3, -0.25) is 4.79 Å². The normalized spacial score (nSPS) is 14.2. The van der Waals surface area contributed by atoms with Gasteiger partial charge < -0.3 is 16.4 Å². The van der Waals surface area contributed by atoms with Crippen LogP contribution in [0.5, 0.6) is 0 Å². The molecule has 3 rings (SSSR count). The molecule has 0 bridgehead atoms. The van der Waals surface area contributed by atoms with Crippen LogP contribution in [0.2, 0.25) is 0 Å². The monoisotopic (exact) mass is 274 g/mol. The summed E-state index contributed by atoms with van der Waals surface area (Å²) in [5, 5.41) is 2.11. The van der Waals surface area contributed by atoms with Gasteiger partial charge >= 0.3 is 0 Å². The van der Waals surface area contributed by atoms with Crippen molar-refractivity contribution >= 4 is 28.7 Å². The number of thiophene rings is 1. The second kappa shape index (κ2) is 4.55. The number of nitrogens with zero attached hydrogens (tertiary/aromatic N) is 2. The van der Waals surface area contributed by atoms with Crippen molar-refractivity contribution in [3.05, 3.63) is 39.7 Å². The number of amides is 1. The van der Waals surface area contributed by atoms with Crippen molar-refractivity contribution in [2.45, 2.75) is 13.0 Å². The molecule has 0 aliphatic carbocycles. The van der Waals surface area contributed by atoms with Crippen LogP contribution in [0.4, 0.5) is 11.5 Å². The smallest absolute Gasteiger partial charge is 0.250 e. The van der Waals surface area contributed by atoms with E-state index in [1.807, 2.05) is 0 Å². The summed E-state index contributed by atoms with van der Waals surface area (Å²) < 4.78 is 0. The molecule has 0 unspecified atom stereocenters. The SMILES string of the molecule is NC(=O)c1cc(N2CCc3sccc3C2)ncc1N. The Labute approximate surface area is 114 Å². The van der Waals surface area contributed by atoms with E-state index in [0.29, 0.717) is 11.3 Å². The van der Waals surface area contributed by atoms with Gasteiger partial charge in [-0.25, -0.2) is 4.98 Å². The Morgan fingerprint density at radius 3 is 3.11 bits per heavy atom. The fourth-order valence-corrected chi connectivity index (χ4v) is 3.17. The highest BCUT2D eigenvalue weighted by atomic mass is 32.1. The van der Waals surface area contributed by atoms with Gasteiger partial charge in [-0.1, -0.05) is 0 Å². The van der Waals surface area contributed by atoms with Gasteiger partial charge in [0.2, 0.25) is 0 Å². The predicted octanol–water partition coefficient (Wildman–Crippen LogP) is 1.39. The number of anilines is 2. The Hall–Kier alpha value is -2.08. The molecule has 0 saturated carbocycles. The molecule has 2 aromatic rings. The topological polar surface area (TPSA) is 85.2 Å². The Morgan fingerprint density at radius 1 is 1.47 bits per heavy atom. The standard InChI is InChI=1S/C13H14N4OS/c14-10-6-16-12(5-9(10)13(15)18)17-3-1-11-8(7-17)2-4-19-11/h2,4-6H,1,3,7,14H2,(H2,15,18). The van der Waals surface area contributed by atoms with Crippen LogP contribution in [0.25, 0.3) is 0 Å². The van der Waals surface area contributed by atoms with Crippen molar-refractivity contribution in [3.63, 3.8) is 0 Å². The highest BCUT2D eigenvalue weighted by Gasteiger charge is 2.19. The maximum absolute atomic E-state index is 11.3. The van der Waals surface area contributed by atoms with E-state index in [9.17, 15) is 4.79 Å². The van der Waals surface area contributed by atoms with Gasteiger partial charge in [-0.05, 0) is 29.5 Å². The molecule has 1 aliphatic rings. The molecule has 6 heteroatoms. The van der Waals surface area contributed by atoms with Crippen LogP contribution in [0.1, 0.15) is 20.8 Å². The van der Waals surface area contributed by atoms with E-state index in [0.717, 1.165) is 25.3 Å². The van der Waals surface area contributed by atoms with Gasteiger partial charge in [0.25, 0.3) is 5.91 Å². The number of nitrogen functional groups attached to an aromatic ring is 1. The molecule has 0 radical (unpaired) electrons. The van der Waals surface area contributed by atoms with Gasteiger partial charge in [0.1, 0.15) is 5.82 Å². The van der Waals surface area contributed by atoms with Crippen LogP contribution in [-0.2, 0) is 13.0 Å². The average Bonchev–Trinajstić information content (AvgIpc) is 2.86. The molecule has 0 atom stereocenters. The van der Waals surface area contributed by atoms with Gasteiger partial charge in [0.15, 0.2) is 0 Å². The molecule has 0 spiro atoms. The largest absolute Gasteiger partial charge is 0.397 e. The molecule has 3 heterocycles. The fourth-order valence-electron chi connectivity index (χ4n) is 2.29. The zero-order chi connectivity index (χ0) is 13.4. The lowest BCUT2D eigenvalue weighted by molar-refractivity contribution is 0.100. The summed E-state index contributed by atoms with van der Waals surface area (Å²) in [6, 6.07) is 3.81. The minimum atomic E-state index is -0.519. The summed E-state index contributed by atoms with van der Waals surface area (Å²) in [7, 11) is 0. The number of fused-ring (bicyclic) bond motifs is 1. The van der Waals surface area contributed by atoms with Gasteiger partial charge in [0, 0.05) is 18.0 Å². The Bertz CT molecular complexity index is 637. The molecular weight excluding hydrogens is 260 g/mol. The number of nitrogens with two attached hydrogens (primary N) is 2. The Balaban J connectivity index is 1.92. The second-order valence-corrected chi connectivity index (χ2v) is 5.54. The molecule has 0 saturated heterocycles. The highest BCUT2D eigenvalue weighted by molar-refractivity contribution is 7.10. The number of carbonyl (C=O) groups is 1. The van der Waals surface area contributed by atoms with Gasteiger partial charge in [0.05, 0.1) is 17.4 Å². The first-order valence-electron chi connectivity index (χ1n) is 6.00. The fraction of sp³-hybridized carbons (Fsp3) is 0.231. The van der Waals surface area contributed by atoms with Crippen LogP contribution in [0.15, 0.2) is 23.7 Å². The quantitative estimate of drug-likeness (QED) is 0.866. The minimum absolute atomic E-state index is 0.324. The van der Waals surface area contributed by atoms with Crippen molar-refractivity contribution in [1.82, 2.24) is 4.98 Å². The van der Waals surface area contributed by atoms with Crippen LogP contribution < -0.4 is 16.4 Å². The molecular formula is C13H14N4OS. The van der Waals surface area contributed by atoms with Crippen molar-refractivity contribution in [1.29, 1.82) is 0 Å². The molecule has 5 nitrogen and oxygen atoms in total. The van der Waals surface area contributed by atoms with Gasteiger partial charge in [-0.2, -0.15) is 0 Å². The second-order valence-electron chi connectivity index (χ2n) is 4.53. The first kappa shape index (κ1) is 12.0. The van der Waals surface area contributed by atoms with E-state index in [1.54, 1.807) is 17.4 Å². The lowest BCUT2D eigenvalue weighted by atomic mass is 10.1. The third kappa shape index (κ3) is 2.15. The first-order valence-corrected chi connectivity index (χ1v) is 6.88. The average molecular weight is 274 g/mol. The van der Waals surface area contributed by atoms with Crippen LogP contribution >= 0.6 is 11.3 Å². The number of rotatable bonds is 2. The van der Waals surface area contributed by atoms with E-state index >= 15 is 0 Å². The van der Waals surface area contributed by atoms with E-state index in [-0.39, 0.29) is 0 Å². The maximum Gasteiger partial charge on any atom is 0.250 e. The number of hydrogen-bond donors (Lipinski definition) is 2. The van der Waals surface area contributed by atoms with Crippen molar-refractivity contribution in [2.75, 3.05) is 17.2 Å².